The van der Waals surface area contributed by atoms with Crippen LogP contribution in [0, 0.1) is 6.92 Å². The highest BCUT2D eigenvalue weighted by molar-refractivity contribution is 9.10. The highest BCUT2D eigenvalue weighted by Gasteiger charge is 2.01. The van der Waals surface area contributed by atoms with Crippen LogP contribution in [0.4, 0.5) is 11.6 Å². The molecular weight excluding hydrogens is 318 g/mol. The van der Waals surface area contributed by atoms with Gasteiger partial charge in [0.1, 0.15) is 18.0 Å². The second-order valence-electron chi connectivity index (χ2n) is 4.43. The standard InChI is InChI=1S/C14H18BrN5/c1-10-2-3-12(15)6-11(10)8-18-14-7-13(17-5-4-16)19-9-20-14/h2-3,6-7,9H,4-5,8,16H2,1H3,(H2,17,18,19,20). The Bertz CT molecular complexity index is 573. The van der Waals surface area contributed by atoms with E-state index in [4.69, 9.17) is 5.73 Å². The van der Waals surface area contributed by atoms with Gasteiger partial charge in [-0.1, -0.05) is 22.0 Å². The van der Waals surface area contributed by atoms with E-state index in [-0.39, 0.29) is 0 Å². The molecular formula is C14H18BrN5. The number of benzene rings is 1. The van der Waals surface area contributed by atoms with Crippen molar-refractivity contribution in [2.45, 2.75) is 13.5 Å². The van der Waals surface area contributed by atoms with Crippen molar-refractivity contribution < 1.29 is 0 Å². The van der Waals surface area contributed by atoms with Gasteiger partial charge in [0.2, 0.25) is 0 Å². The molecule has 0 spiro atoms. The number of anilines is 2. The molecule has 0 aliphatic carbocycles. The number of aryl methyl sites for hydroxylation is 1. The molecule has 1 aromatic carbocycles. The van der Waals surface area contributed by atoms with Crippen molar-refractivity contribution in [1.82, 2.24) is 9.97 Å². The molecule has 4 N–H and O–H groups in total. The van der Waals surface area contributed by atoms with E-state index in [2.05, 4.69) is 55.6 Å². The van der Waals surface area contributed by atoms with Crippen molar-refractivity contribution in [3.05, 3.63) is 46.2 Å². The first-order valence-corrected chi connectivity index (χ1v) is 7.23. The van der Waals surface area contributed by atoms with Gasteiger partial charge in [-0.05, 0) is 30.2 Å². The summed E-state index contributed by atoms with van der Waals surface area (Å²) in [6.45, 7) is 4.08. The van der Waals surface area contributed by atoms with Gasteiger partial charge in [-0.3, -0.25) is 0 Å². The molecule has 0 aliphatic rings. The number of rotatable bonds is 6. The first kappa shape index (κ1) is 14.7. The quantitative estimate of drug-likeness (QED) is 0.756. The third kappa shape index (κ3) is 4.18. The summed E-state index contributed by atoms with van der Waals surface area (Å²) >= 11 is 3.49. The summed E-state index contributed by atoms with van der Waals surface area (Å²) in [7, 11) is 0. The Kier molecular flexibility index (Phi) is 5.31. The number of nitrogens with two attached hydrogens (primary N) is 1. The smallest absolute Gasteiger partial charge is 0.131 e. The van der Waals surface area contributed by atoms with Gasteiger partial charge in [-0.15, -0.1) is 0 Å². The average molecular weight is 336 g/mol. The molecule has 2 aromatic rings. The fraction of sp³-hybridized carbons (Fsp3) is 0.286. The van der Waals surface area contributed by atoms with Crippen LogP contribution >= 0.6 is 15.9 Å². The molecule has 6 heteroatoms. The van der Waals surface area contributed by atoms with Gasteiger partial charge in [0.25, 0.3) is 0 Å². The Morgan fingerprint density at radius 1 is 1.15 bits per heavy atom. The summed E-state index contributed by atoms with van der Waals surface area (Å²) in [5, 5.41) is 6.43. The second kappa shape index (κ2) is 7.21. The molecule has 20 heavy (non-hydrogen) atoms. The zero-order valence-corrected chi connectivity index (χ0v) is 12.9. The Hall–Kier alpha value is -1.66. The summed E-state index contributed by atoms with van der Waals surface area (Å²) in [4.78, 5) is 8.35. The molecule has 0 bridgehead atoms. The second-order valence-corrected chi connectivity index (χ2v) is 5.34. The molecule has 0 atom stereocenters. The van der Waals surface area contributed by atoms with Crippen LogP contribution in [-0.4, -0.2) is 23.1 Å². The van der Waals surface area contributed by atoms with E-state index in [1.807, 2.05) is 12.1 Å². The topological polar surface area (TPSA) is 75.9 Å². The van der Waals surface area contributed by atoms with Gasteiger partial charge >= 0.3 is 0 Å². The molecule has 5 nitrogen and oxygen atoms in total. The fourth-order valence-electron chi connectivity index (χ4n) is 1.77. The van der Waals surface area contributed by atoms with Gasteiger partial charge in [-0.2, -0.15) is 0 Å². The Morgan fingerprint density at radius 3 is 2.65 bits per heavy atom. The lowest BCUT2D eigenvalue weighted by atomic mass is 10.1. The fourth-order valence-corrected chi connectivity index (χ4v) is 2.18. The minimum Gasteiger partial charge on any atom is -0.369 e. The lowest BCUT2D eigenvalue weighted by Gasteiger charge is -2.10. The molecule has 2 rings (SSSR count). The molecule has 0 saturated carbocycles. The van der Waals surface area contributed by atoms with Crippen molar-refractivity contribution in [2.24, 2.45) is 5.73 Å². The van der Waals surface area contributed by atoms with E-state index in [1.165, 1.54) is 17.5 Å². The van der Waals surface area contributed by atoms with E-state index in [0.717, 1.165) is 22.7 Å². The van der Waals surface area contributed by atoms with Crippen molar-refractivity contribution in [3.8, 4) is 0 Å². The van der Waals surface area contributed by atoms with E-state index in [1.54, 1.807) is 0 Å². The molecule has 1 aromatic heterocycles. The molecule has 0 amide bonds. The Balaban J connectivity index is 2.01. The van der Waals surface area contributed by atoms with Crippen molar-refractivity contribution in [3.63, 3.8) is 0 Å². The van der Waals surface area contributed by atoms with Crippen LogP contribution < -0.4 is 16.4 Å². The van der Waals surface area contributed by atoms with Gasteiger partial charge in [-0.25, -0.2) is 9.97 Å². The average Bonchev–Trinajstić information content (AvgIpc) is 2.46. The molecule has 0 radical (unpaired) electrons. The highest BCUT2D eigenvalue weighted by Crippen LogP contribution is 2.17. The number of aromatic nitrogens is 2. The summed E-state index contributed by atoms with van der Waals surface area (Å²) in [5.74, 6) is 1.57. The minimum absolute atomic E-state index is 0.573. The van der Waals surface area contributed by atoms with Crippen molar-refractivity contribution in [2.75, 3.05) is 23.7 Å². The number of halogens is 1. The first-order chi connectivity index (χ1) is 9.69. The predicted molar refractivity (Wildman–Crippen MR) is 85.8 cm³/mol. The van der Waals surface area contributed by atoms with Crippen LogP contribution in [0.5, 0.6) is 0 Å². The lowest BCUT2D eigenvalue weighted by Crippen LogP contribution is -2.14. The maximum absolute atomic E-state index is 5.45. The van der Waals surface area contributed by atoms with E-state index >= 15 is 0 Å². The maximum atomic E-state index is 5.45. The number of nitrogens with zero attached hydrogens (tertiary/aromatic N) is 2. The normalized spacial score (nSPS) is 10.3. The zero-order valence-electron chi connectivity index (χ0n) is 11.4. The molecule has 1 heterocycles. The van der Waals surface area contributed by atoms with E-state index < -0.39 is 0 Å². The Labute approximate surface area is 127 Å². The predicted octanol–water partition coefficient (Wildman–Crippen LogP) is 2.53. The van der Waals surface area contributed by atoms with Crippen LogP contribution in [0.2, 0.25) is 0 Å². The van der Waals surface area contributed by atoms with Crippen molar-refractivity contribution in [1.29, 1.82) is 0 Å². The molecule has 0 unspecified atom stereocenters. The SMILES string of the molecule is Cc1ccc(Br)cc1CNc1cc(NCCN)ncn1. The highest BCUT2D eigenvalue weighted by atomic mass is 79.9. The van der Waals surface area contributed by atoms with Gasteiger partial charge in [0.15, 0.2) is 0 Å². The van der Waals surface area contributed by atoms with Gasteiger partial charge in [0, 0.05) is 30.2 Å². The summed E-state index contributed by atoms with van der Waals surface area (Å²) in [6, 6.07) is 8.12. The van der Waals surface area contributed by atoms with Crippen LogP contribution in [0.15, 0.2) is 35.1 Å². The summed E-state index contributed by atoms with van der Waals surface area (Å²) in [5.41, 5.74) is 7.93. The van der Waals surface area contributed by atoms with Crippen LogP contribution in [0.1, 0.15) is 11.1 Å². The summed E-state index contributed by atoms with van der Waals surface area (Å²) < 4.78 is 1.08. The lowest BCUT2D eigenvalue weighted by molar-refractivity contribution is 1.000. The maximum Gasteiger partial charge on any atom is 0.131 e. The first-order valence-electron chi connectivity index (χ1n) is 6.44. The molecule has 106 valence electrons. The monoisotopic (exact) mass is 335 g/mol. The number of nitrogens with one attached hydrogen (secondary N) is 2. The molecule has 0 aliphatic heterocycles. The molecule has 0 saturated heterocycles. The van der Waals surface area contributed by atoms with Crippen molar-refractivity contribution >= 4 is 27.6 Å². The van der Waals surface area contributed by atoms with Crippen LogP contribution in [0.3, 0.4) is 0 Å². The summed E-state index contributed by atoms with van der Waals surface area (Å²) in [6.07, 6.45) is 1.54. The molecule has 0 fully saturated rings. The largest absolute Gasteiger partial charge is 0.369 e. The van der Waals surface area contributed by atoms with Crippen LogP contribution in [0.25, 0.3) is 0 Å². The minimum atomic E-state index is 0.573. The Morgan fingerprint density at radius 2 is 1.90 bits per heavy atom. The van der Waals surface area contributed by atoms with E-state index in [0.29, 0.717) is 13.1 Å². The number of hydrogen-bond acceptors (Lipinski definition) is 5. The van der Waals surface area contributed by atoms with Crippen LogP contribution in [-0.2, 0) is 6.54 Å². The zero-order chi connectivity index (χ0) is 14.4. The van der Waals surface area contributed by atoms with Gasteiger partial charge < -0.3 is 16.4 Å². The third-order valence-electron chi connectivity index (χ3n) is 2.89. The third-order valence-corrected chi connectivity index (χ3v) is 3.38. The van der Waals surface area contributed by atoms with E-state index in [9.17, 15) is 0 Å². The van der Waals surface area contributed by atoms with Gasteiger partial charge in [0.05, 0.1) is 0 Å². The number of hydrogen-bond donors (Lipinski definition) is 3.